The fourth-order valence-electron chi connectivity index (χ4n) is 3.07. The Hall–Kier alpha value is -1.35. The third kappa shape index (κ3) is 4.85. The van der Waals surface area contributed by atoms with E-state index in [0.29, 0.717) is 18.0 Å². The van der Waals surface area contributed by atoms with Crippen molar-refractivity contribution in [3.63, 3.8) is 0 Å². The molecule has 21 heavy (non-hydrogen) atoms. The summed E-state index contributed by atoms with van der Waals surface area (Å²) in [6.45, 7) is 7.45. The van der Waals surface area contributed by atoms with Crippen molar-refractivity contribution in [1.82, 2.24) is 10.6 Å². The molecular weight excluding hydrogens is 260 g/mol. The van der Waals surface area contributed by atoms with Gasteiger partial charge in [-0.3, -0.25) is 4.79 Å². The first-order chi connectivity index (χ1) is 10.1. The SMILES string of the molecule is CC1CC(NC(=O)C(Cc2ccccc2)C(C)C)CCN1. The van der Waals surface area contributed by atoms with Gasteiger partial charge in [-0.15, -0.1) is 0 Å². The van der Waals surface area contributed by atoms with Crippen LogP contribution < -0.4 is 10.6 Å². The second kappa shape index (κ2) is 7.60. The summed E-state index contributed by atoms with van der Waals surface area (Å²) in [4.78, 5) is 12.6. The Morgan fingerprint density at radius 1 is 1.33 bits per heavy atom. The minimum atomic E-state index is 0.0533. The topological polar surface area (TPSA) is 41.1 Å². The number of hydrogen-bond acceptors (Lipinski definition) is 2. The van der Waals surface area contributed by atoms with Crippen molar-refractivity contribution in [3.05, 3.63) is 35.9 Å². The lowest BCUT2D eigenvalue weighted by atomic mass is 9.87. The maximum Gasteiger partial charge on any atom is 0.223 e. The molecule has 0 aliphatic carbocycles. The number of nitrogens with one attached hydrogen (secondary N) is 2. The van der Waals surface area contributed by atoms with Gasteiger partial charge in [0, 0.05) is 18.0 Å². The zero-order chi connectivity index (χ0) is 15.2. The quantitative estimate of drug-likeness (QED) is 0.875. The molecule has 1 aliphatic rings. The molecule has 3 nitrogen and oxygen atoms in total. The molecule has 3 unspecified atom stereocenters. The van der Waals surface area contributed by atoms with Gasteiger partial charge >= 0.3 is 0 Å². The van der Waals surface area contributed by atoms with E-state index < -0.39 is 0 Å². The van der Waals surface area contributed by atoms with Crippen LogP contribution in [0.4, 0.5) is 0 Å². The number of carbonyl (C=O) groups excluding carboxylic acids is 1. The second-order valence-corrected chi connectivity index (χ2v) is 6.63. The van der Waals surface area contributed by atoms with E-state index in [1.807, 2.05) is 18.2 Å². The van der Waals surface area contributed by atoms with Gasteiger partial charge in [-0.2, -0.15) is 0 Å². The molecule has 0 radical (unpaired) electrons. The highest BCUT2D eigenvalue weighted by Crippen LogP contribution is 2.19. The van der Waals surface area contributed by atoms with Gasteiger partial charge < -0.3 is 10.6 Å². The number of carbonyl (C=O) groups is 1. The minimum absolute atomic E-state index is 0.0533. The maximum absolute atomic E-state index is 12.6. The summed E-state index contributed by atoms with van der Waals surface area (Å²) >= 11 is 0. The third-order valence-corrected chi connectivity index (χ3v) is 4.41. The number of piperidine rings is 1. The molecule has 1 saturated heterocycles. The molecule has 1 aromatic rings. The van der Waals surface area contributed by atoms with E-state index >= 15 is 0 Å². The summed E-state index contributed by atoms with van der Waals surface area (Å²) in [7, 11) is 0. The summed E-state index contributed by atoms with van der Waals surface area (Å²) in [6, 6.07) is 11.1. The highest BCUT2D eigenvalue weighted by atomic mass is 16.1. The monoisotopic (exact) mass is 288 g/mol. The number of hydrogen-bond donors (Lipinski definition) is 2. The molecule has 0 bridgehead atoms. The number of amides is 1. The van der Waals surface area contributed by atoms with Crippen molar-refractivity contribution in [2.24, 2.45) is 11.8 Å². The Kier molecular flexibility index (Phi) is 5.80. The van der Waals surface area contributed by atoms with Crippen molar-refractivity contribution in [1.29, 1.82) is 0 Å². The highest BCUT2D eigenvalue weighted by molar-refractivity contribution is 5.79. The fraction of sp³-hybridized carbons (Fsp3) is 0.611. The molecule has 1 aliphatic heterocycles. The van der Waals surface area contributed by atoms with Crippen LogP contribution in [0.1, 0.15) is 39.2 Å². The Labute approximate surface area is 128 Å². The molecule has 0 spiro atoms. The van der Waals surface area contributed by atoms with Gasteiger partial charge in [0.15, 0.2) is 0 Å². The first kappa shape index (κ1) is 16.0. The molecule has 3 heteroatoms. The van der Waals surface area contributed by atoms with Gasteiger partial charge in [-0.05, 0) is 44.2 Å². The zero-order valence-electron chi connectivity index (χ0n) is 13.4. The first-order valence-corrected chi connectivity index (χ1v) is 8.14. The van der Waals surface area contributed by atoms with E-state index in [0.717, 1.165) is 25.8 Å². The molecule has 1 heterocycles. The van der Waals surface area contributed by atoms with E-state index in [-0.39, 0.29) is 11.8 Å². The summed E-state index contributed by atoms with van der Waals surface area (Å²) < 4.78 is 0. The second-order valence-electron chi connectivity index (χ2n) is 6.63. The molecule has 116 valence electrons. The van der Waals surface area contributed by atoms with Gasteiger partial charge in [-0.25, -0.2) is 0 Å². The van der Waals surface area contributed by atoms with Crippen molar-refractivity contribution in [2.75, 3.05) is 6.54 Å². The summed E-state index contributed by atoms with van der Waals surface area (Å²) in [5.41, 5.74) is 1.24. The Balaban J connectivity index is 1.95. The molecular formula is C18H28N2O. The Bertz CT molecular complexity index is 444. The molecule has 1 fully saturated rings. The molecule has 0 aromatic heterocycles. The summed E-state index contributed by atoms with van der Waals surface area (Å²) in [5, 5.41) is 6.70. The standard InChI is InChI=1S/C18H28N2O/c1-13(2)17(12-15-7-5-4-6-8-15)18(21)20-16-9-10-19-14(3)11-16/h4-8,13-14,16-17,19H,9-12H2,1-3H3,(H,20,21). The van der Waals surface area contributed by atoms with Crippen LogP contribution >= 0.6 is 0 Å². The average Bonchev–Trinajstić information content (AvgIpc) is 2.45. The fourth-order valence-corrected chi connectivity index (χ4v) is 3.07. The Morgan fingerprint density at radius 2 is 2.05 bits per heavy atom. The normalized spacial score (nSPS) is 23.8. The molecule has 2 rings (SSSR count). The van der Waals surface area contributed by atoms with Crippen LogP contribution in [0.3, 0.4) is 0 Å². The van der Waals surface area contributed by atoms with E-state index in [1.54, 1.807) is 0 Å². The van der Waals surface area contributed by atoms with Crippen molar-refractivity contribution >= 4 is 5.91 Å². The summed E-state index contributed by atoms with van der Waals surface area (Å²) in [6.07, 6.45) is 2.89. The van der Waals surface area contributed by atoms with E-state index in [4.69, 9.17) is 0 Å². The lowest BCUT2D eigenvalue weighted by molar-refractivity contribution is -0.127. The average molecular weight is 288 g/mol. The molecule has 3 atom stereocenters. The van der Waals surface area contributed by atoms with Gasteiger partial charge in [-0.1, -0.05) is 44.2 Å². The largest absolute Gasteiger partial charge is 0.353 e. The summed E-state index contributed by atoms with van der Waals surface area (Å²) in [5.74, 6) is 0.620. The van der Waals surface area contributed by atoms with Gasteiger partial charge in [0.25, 0.3) is 0 Å². The molecule has 1 aromatic carbocycles. The van der Waals surface area contributed by atoms with Crippen molar-refractivity contribution in [2.45, 2.75) is 52.1 Å². The third-order valence-electron chi connectivity index (χ3n) is 4.41. The highest BCUT2D eigenvalue weighted by Gasteiger charge is 2.26. The smallest absolute Gasteiger partial charge is 0.223 e. The Morgan fingerprint density at radius 3 is 2.67 bits per heavy atom. The first-order valence-electron chi connectivity index (χ1n) is 8.14. The van der Waals surface area contributed by atoms with Gasteiger partial charge in [0.2, 0.25) is 5.91 Å². The predicted octanol–water partition coefficient (Wildman–Crippen LogP) is 2.76. The van der Waals surface area contributed by atoms with Crippen LogP contribution in [-0.2, 0) is 11.2 Å². The van der Waals surface area contributed by atoms with Crippen molar-refractivity contribution < 1.29 is 4.79 Å². The van der Waals surface area contributed by atoms with E-state index in [9.17, 15) is 4.79 Å². The van der Waals surface area contributed by atoms with Crippen LogP contribution in [0.25, 0.3) is 0 Å². The molecule has 1 amide bonds. The van der Waals surface area contributed by atoms with E-state index in [2.05, 4.69) is 43.5 Å². The van der Waals surface area contributed by atoms with Crippen LogP contribution in [0, 0.1) is 11.8 Å². The predicted molar refractivity (Wildman–Crippen MR) is 87.1 cm³/mol. The van der Waals surface area contributed by atoms with Crippen LogP contribution in [0.5, 0.6) is 0 Å². The van der Waals surface area contributed by atoms with Gasteiger partial charge in [0.05, 0.1) is 0 Å². The van der Waals surface area contributed by atoms with E-state index in [1.165, 1.54) is 5.56 Å². The number of benzene rings is 1. The number of rotatable bonds is 5. The van der Waals surface area contributed by atoms with Crippen LogP contribution in [-0.4, -0.2) is 24.5 Å². The molecule has 0 saturated carbocycles. The molecule has 2 N–H and O–H groups in total. The van der Waals surface area contributed by atoms with Crippen molar-refractivity contribution in [3.8, 4) is 0 Å². The minimum Gasteiger partial charge on any atom is -0.353 e. The lowest BCUT2D eigenvalue weighted by Crippen LogP contribution is -2.48. The van der Waals surface area contributed by atoms with Gasteiger partial charge in [0.1, 0.15) is 0 Å². The zero-order valence-corrected chi connectivity index (χ0v) is 13.4. The maximum atomic E-state index is 12.6. The lowest BCUT2D eigenvalue weighted by Gasteiger charge is -2.31. The van der Waals surface area contributed by atoms with Crippen LogP contribution in [0.2, 0.25) is 0 Å². The van der Waals surface area contributed by atoms with Crippen LogP contribution in [0.15, 0.2) is 30.3 Å².